The Morgan fingerprint density at radius 2 is 2.25 bits per heavy atom. The van der Waals surface area contributed by atoms with E-state index in [4.69, 9.17) is 9.84 Å². The van der Waals surface area contributed by atoms with E-state index in [9.17, 15) is 4.79 Å². The van der Waals surface area contributed by atoms with Gasteiger partial charge in [-0.1, -0.05) is 19.4 Å². The second-order valence-corrected chi connectivity index (χ2v) is 4.52. The third-order valence-corrected chi connectivity index (χ3v) is 2.80. The fourth-order valence-electron chi connectivity index (χ4n) is 1.35. The van der Waals surface area contributed by atoms with E-state index in [1.165, 1.54) is 0 Å². The van der Waals surface area contributed by atoms with E-state index in [0.717, 1.165) is 16.5 Å². The number of carboxylic acid groups (broad SMARTS) is 1. The van der Waals surface area contributed by atoms with Crippen molar-refractivity contribution in [3.63, 3.8) is 0 Å². The lowest BCUT2D eigenvalue weighted by Crippen LogP contribution is -2.26. The molecule has 0 bridgehead atoms. The maximum absolute atomic E-state index is 10.9. The number of aliphatic carboxylic acids is 1. The third-order valence-electron chi connectivity index (χ3n) is 2.18. The molecular weight excluding hydrogens is 272 g/mol. The smallest absolute Gasteiger partial charge is 0.344 e. The molecule has 3 nitrogen and oxygen atoms in total. The van der Waals surface area contributed by atoms with E-state index < -0.39 is 12.1 Å². The number of ether oxygens (including phenoxy) is 1. The molecule has 1 atom stereocenters. The summed E-state index contributed by atoms with van der Waals surface area (Å²) in [6.45, 7) is 3.90. The minimum Gasteiger partial charge on any atom is -0.479 e. The van der Waals surface area contributed by atoms with E-state index in [1.807, 2.05) is 26.0 Å². The van der Waals surface area contributed by atoms with Gasteiger partial charge >= 0.3 is 5.97 Å². The predicted molar refractivity (Wildman–Crippen MR) is 65.8 cm³/mol. The molecule has 0 aliphatic rings. The number of benzene rings is 1. The van der Waals surface area contributed by atoms with Gasteiger partial charge in [-0.05, 0) is 47.0 Å². The van der Waals surface area contributed by atoms with E-state index in [2.05, 4.69) is 15.9 Å². The Hall–Kier alpha value is -1.03. The first-order chi connectivity index (χ1) is 7.54. The van der Waals surface area contributed by atoms with Crippen LogP contribution >= 0.6 is 15.9 Å². The number of halogens is 1. The third kappa shape index (κ3) is 3.52. The van der Waals surface area contributed by atoms with Crippen molar-refractivity contribution in [2.75, 3.05) is 0 Å². The zero-order chi connectivity index (χ0) is 12.1. The van der Waals surface area contributed by atoms with Gasteiger partial charge in [0.1, 0.15) is 5.75 Å². The van der Waals surface area contributed by atoms with Crippen molar-refractivity contribution in [1.29, 1.82) is 0 Å². The summed E-state index contributed by atoms with van der Waals surface area (Å²) in [4.78, 5) is 10.9. The molecule has 0 aromatic heterocycles. The highest BCUT2D eigenvalue weighted by Crippen LogP contribution is 2.27. The molecule has 16 heavy (non-hydrogen) atoms. The Balaban J connectivity index is 2.81. The van der Waals surface area contributed by atoms with Crippen molar-refractivity contribution >= 4 is 21.9 Å². The molecule has 0 saturated heterocycles. The molecular formula is C12H15BrO3. The van der Waals surface area contributed by atoms with Gasteiger partial charge in [0.25, 0.3) is 0 Å². The van der Waals surface area contributed by atoms with Crippen molar-refractivity contribution in [3.8, 4) is 5.75 Å². The van der Waals surface area contributed by atoms with Crippen LogP contribution in [0.15, 0.2) is 22.7 Å². The van der Waals surface area contributed by atoms with Crippen molar-refractivity contribution in [1.82, 2.24) is 0 Å². The lowest BCUT2D eigenvalue weighted by Gasteiger charge is -2.15. The van der Waals surface area contributed by atoms with Crippen LogP contribution < -0.4 is 4.74 Å². The van der Waals surface area contributed by atoms with Gasteiger partial charge in [0, 0.05) is 0 Å². The van der Waals surface area contributed by atoms with E-state index in [-0.39, 0.29) is 0 Å². The highest BCUT2D eigenvalue weighted by atomic mass is 79.9. The van der Waals surface area contributed by atoms with Gasteiger partial charge in [-0.25, -0.2) is 4.79 Å². The van der Waals surface area contributed by atoms with Crippen LogP contribution in [-0.4, -0.2) is 17.2 Å². The fraction of sp³-hybridized carbons (Fsp3) is 0.417. The van der Waals surface area contributed by atoms with Gasteiger partial charge in [-0.3, -0.25) is 0 Å². The van der Waals surface area contributed by atoms with Crippen LogP contribution in [0.1, 0.15) is 25.3 Å². The first-order valence-corrected chi connectivity index (χ1v) is 5.99. The Kier molecular flexibility index (Phi) is 4.80. The van der Waals surface area contributed by atoms with Crippen LogP contribution in [0, 0.1) is 6.92 Å². The summed E-state index contributed by atoms with van der Waals surface area (Å²) in [5.74, 6) is -0.347. The summed E-state index contributed by atoms with van der Waals surface area (Å²) in [5, 5.41) is 8.97. The maximum atomic E-state index is 10.9. The molecule has 0 heterocycles. The normalized spacial score (nSPS) is 12.2. The summed E-state index contributed by atoms with van der Waals surface area (Å²) in [5.41, 5.74) is 1.10. The van der Waals surface area contributed by atoms with E-state index >= 15 is 0 Å². The lowest BCUT2D eigenvalue weighted by atomic mass is 10.2. The molecule has 0 aliphatic heterocycles. The van der Waals surface area contributed by atoms with Gasteiger partial charge in [0.15, 0.2) is 6.10 Å². The Morgan fingerprint density at radius 1 is 1.56 bits per heavy atom. The zero-order valence-electron chi connectivity index (χ0n) is 9.37. The molecule has 0 saturated carbocycles. The zero-order valence-corrected chi connectivity index (χ0v) is 11.0. The first kappa shape index (κ1) is 13.0. The average Bonchev–Trinajstić information content (AvgIpc) is 2.20. The molecule has 0 spiro atoms. The number of rotatable bonds is 5. The van der Waals surface area contributed by atoms with E-state index in [0.29, 0.717) is 12.2 Å². The van der Waals surface area contributed by atoms with E-state index in [1.54, 1.807) is 6.07 Å². The minimum atomic E-state index is -0.922. The van der Waals surface area contributed by atoms with Crippen LogP contribution in [0.2, 0.25) is 0 Å². The number of carbonyl (C=O) groups is 1. The van der Waals surface area contributed by atoms with Crippen molar-refractivity contribution in [3.05, 3.63) is 28.2 Å². The van der Waals surface area contributed by atoms with Crippen LogP contribution in [0.5, 0.6) is 5.75 Å². The topological polar surface area (TPSA) is 46.5 Å². The lowest BCUT2D eigenvalue weighted by molar-refractivity contribution is -0.145. The summed E-state index contributed by atoms with van der Waals surface area (Å²) >= 11 is 3.36. The molecule has 0 fully saturated rings. The summed E-state index contributed by atoms with van der Waals surface area (Å²) in [6, 6.07) is 5.58. The Bertz CT molecular complexity index is 377. The molecule has 0 aliphatic carbocycles. The van der Waals surface area contributed by atoms with Gasteiger partial charge < -0.3 is 9.84 Å². The van der Waals surface area contributed by atoms with Crippen molar-refractivity contribution in [2.45, 2.75) is 32.8 Å². The molecule has 1 unspecified atom stereocenters. The van der Waals surface area contributed by atoms with Crippen molar-refractivity contribution in [2.24, 2.45) is 0 Å². The Morgan fingerprint density at radius 3 is 2.75 bits per heavy atom. The number of carboxylic acids is 1. The SMILES string of the molecule is CCCC(Oc1ccc(C)cc1Br)C(=O)O. The summed E-state index contributed by atoms with van der Waals surface area (Å²) < 4.78 is 6.24. The number of hydrogen-bond donors (Lipinski definition) is 1. The second kappa shape index (κ2) is 5.89. The van der Waals surface area contributed by atoms with Crippen LogP contribution in [0.4, 0.5) is 0 Å². The monoisotopic (exact) mass is 286 g/mol. The summed E-state index contributed by atoms with van der Waals surface area (Å²) in [6.07, 6.45) is 0.514. The summed E-state index contributed by atoms with van der Waals surface area (Å²) in [7, 11) is 0. The molecule has 1 aromatic rings. The molecule has 4 heteroatoms. The van der Waals surface area contributed by atoms with Crippen LogP contribution in [-0.2, 0) is 4.79 Å². The maximum Gasteiger partial charge on any atom is 0.344 e. The number of aryl methyl sites for hydroxylation is 1. The van der Waals surface area contributed by atoms with Gasteiger partial charge in [-0.2, -0.15) is 0 Å². The van der Waals surface area contributed by atoms with Crippen LogP contribution in [0.3, 0.4) is 0 Å². The van der Waals surface area contributed by atoms with Crippen molar-refractivity contribution < 1.29 is 14.6 Å². The highest BCUT2D eigenvalue weighted by molar-refractivity contribution is 9.10. The van der Waals surface area contributed by atoms with Gasteiger partial charge in [0.2, 0.25) is 0 Å². The average molecular weight is 287 g/mol. The van der Waals surface area contributed by atoms with Gasteiger partial charge in [-0.15, -0.1) is 0 Å². The quantitative estimate of drug-likeness (QED) is 0.903. The fourth-order valence-corrected chi connectivity index (χ4v) is 1.94. The largest absolute Gasteiger partial charge is 0.479 e. The second-order valence-electron chi connectivity index (χ2n) is 3.67. The molecule has 1 aromatic carbocycles. The number of hydrogen-bond acceptors (Lipinski definition) is 2. The first-order valence-electron chi connectivity index (χ1n) is 5.20. The molecule has 0 radical (unpaired) electrons. The van der Waals surface area contributed by atoms with Gasteiger partial charge in [0.05, 0.1) is 4.47 Å². The highest BCUT2D eigenvalue weighted by Gasteiger charge is 2.19. The Labute approximate surface area is 104 Å². The minimum absolute atomic E-state index is 0.510. The molecule has 88 valence electrons. The standard InChI is InChI=1S/C12H15BrO3/c1-3-4-11(12(14)15)16-10-6-5-8(2)7-9(10)13/h5-7,11H,3-4H2,1-2H3,(H,14,15). The molecule has 1 rings (SSSR count). The predicted octanol–water partition coefficient (Wildman–Crippen LogP) is 3.39. The molecule has 0 amide bonds. The van der Waals surface area contributed by atoms with Crippen LogP contribution in [0.25, 0.3) is 0 Å². The molecule has 1 N–H and O–H groups in total.